The average molecular weight is 416 g/mol. The predicted molar refractivity (Wildman–Crippen MR) is 110 cm³/mol. The van der Waals surface area contributed by atoms with Crippen molar-refractivity contribution in [2.24, 2.45) is 4.99 Å². The normalized spacial score (nSPS) is 12.0. The second-order valence-electron chi connectivity index (χ2n) is 5.87. The third-order valence-corrected chi connectivity index (χ3v) is 6.74. The first-order valence-electron chi connectivity index (χ1n) is 8.50. The van der Waals surface area contributed by atoms with Gasteiger partial charge in [0.25, 0.3) is 10.0 Å². The van der Waals surface area contributed by atoms with Gasteiger partial charge >= 0.3 is 0 Å². The molecule has 8 heteroatoms. The zero-order valence-electron chi connectivity index (χ0n) is 15.2. The number of aliphatic imine (C=N–C) groups is 1. The molecule has 28 heavy (non-hydrogen) atoms. The van der Waals surface area contributed by atoms with Crippen molar-refractivity contribution in [3.05, 3.63) is 77.2 Å². The third-order valence-electron chi connectivity index (χ3n) is 3.98. The summed E-state index contributed by atoms with van der Waals surface area (Å²) in [6.07, 6.45) is 0.596. The Hall–Kier alpha value is -2.84. The van der Waals surface area contributed by atoms with Crippen LogP contribution in [0.3, 0.4) is 0 Å². The molecule has 0 unspecified atom stereocenters. The van der Waals surface area contributed by atoms with Gasteiger partial charge in [0, 0.05) is 12.1 Å². The molecule has 0 saturated carbocycles. The Morgan fingerprint density at radius 3 is 2.54 bits per heavy atom. The van der Waals surface area contributed by atoms with Crippen LogP contribution < -0.4 is 14.6 Å². The summed E-state index contributed by atoms with van der Waals surface area (Å²) in [4.78, 5) is 4.08. The minimum absolute atomic E-state index is 0.186. The molecule has 0 spiro atoms. The van der Waals surface area contributed by atoms with Crippen LogP contribution in [-0.4, -0.2) is 28.0 Å². The summed E-state index contributed by atoms with van der Waals surface area (Å²) in [7, 11) is -2.13. The molecular formula is C20H19N2O4S2-. The first-order chi connectivity index (χ1) is 13.5. The fourth-order valence-corrected chi connectivity index (χ4v) is 4.61. The van der Waals surface area contributed by atoms with E-state index < -0.39 is 15.9 Å². The van der Waals surface area contributed by atoms with Gasteiger partial charge in [-0.3, -0.25) is 4.72 Å². The number of para-hydroxylation sites is 1. The summed E-state index contributed by atoms with van der Waals surface area (Å²) < 4.78 is 32.7. The minimum atomic E-state index is -3.73. The summed E-state index contributed by atoms with van der Waals surface area (Å²) in [5.41, 5.74) is 1.47. The summed E-state index contributed by atoms with van der Waals surface area (Å²) in [5.74, 6) is 0.307. The van der Waals surface area contributed by atoms with Gasteiger partial charge in [0.15, 0.2) is 0 Å². The van der Waals surface area contributed by atoms with E-state index in [-0.39, 0.29) is 15.5 Å². The van der Waals surface area contributed by atoms with Crippen LogP contribution in [-0.2, 0) is 16.4 Å². The maximum atomic E-state index is 12.5. The fraction of sp³-hybridized carbons (Fsp3) is 0.150. The van der Waals surface area contributed by atoms with Crippen molar-refractivity contribution in [3.63, 3.8) is 0 Å². The number of nitrogens with one attached hydrogen (secondary N) is 1. The highest BCUT2D eigenvalue weighted by molar-refractivity contribution is 7.94. The Bertz CT molecular complexity index is 1040. The summed E-state index contributed by atoms with van der Waals surface area (Å²) >= 11 is 1.11. The molecule has 1 N–H and O–H groups in total. The lowest BCUT2D eigenvalue weighted by Crippen LogP contribution is -2.23. The molecule has 3 rings (SSSR count). The quantitative estimate of drug-likeness (QED) is 0.452. The van der Waals surface area contributed by atoms with Gasteiger partial charge in [-0.05, 0) is 47.5 Å². The molecular weight excluding hydrogens is 396 g/mol. The van der Waals surface area contributed by atoms with E-state index in [4.69, 9.17) is 4.74 Å². The van der Waals surface area contributed by atoms with E-state index in [2.05, 4.69) is 9.71 Å². The van der Waals surface area contributed by atoms with Crippen LogP contribution in [0.5, 0.6) is 5.75 Å². The monoisotopic (exact) mass is 415 g/mol. The van der Waals surface area contributed by atoms with Crippen molar-refractivity contribution >= 4 is 32.9 Å². The van der Waals surface area contributed by atoms with Gasteiger partial charge in [0.1, 0.15) is 9.96 Å². The molecule has 3 aromatic rings. The largest absolute Gasteiger partial charge is 0.858 e. The highest BCUT2D eigenvalue weighted by Crippen LogP contribution is 2.22. The molecule has 0 aliphatic heterocycles. The Labute approximate surface area is 168 Å². The van der Waals surface area contributed by atoms with Crippen LogP contribution in [0.2, 0.25) is 0 Å². The number of ether oxygens (including phenoxy) is 1. The molecule has 146 valence electrons. The number of benzene rings is 2. The summed E-state index contributed by atoms with van der Waals surface area (Å²) in [6, 6.07) is 17.2. The van der Waals surface area contributed by atoms with Gasteiger partial charge in [0.05, 0.1) is 12.8 Å². The van der Waals surface area contributed by atoms with Crippen molar-refractivity contribution in [3.8, 4) is 5.75 Å². The highest BCUT2D eigenvalue weighted by atomic mass is 32.2. The maximum absolute atomic E-state index is 12.5. The average Bonchev–Trinajstić information content (AvgIpc) is 3.24. The molecule has 6 nitrogen and oxygen atoms in total. The Morgan fingerprint density at radius 1 is 1.11 bits per heavy atom. The molecule has 0 aliphatic rings. The molecule has 0 radical (unpaired) electrons. The lowest BCUT2D eigenvalue weighted by Gasteiger charge is -2.16. The standard InChI is InChI=1S/C20H20N2O4S2/c1-26-16-10-8-15(9-11-16)12-13-21-20(23)17-5-2-3-6-18(17)22-28(24,25)19-7-4-14-27-19/h2-11,14,22H,12-13H2,1H3,(H,21,23)/p-1. The van der Waals surface area contributed by atoms with E-state index >= 15 is 0 Å². The topological polar surface area (TPSA) is 90.8 Å². The number of hydrogen-bond donors (Lipinski definition) is 1. The number of rotatable bonds is 8. The summed E-state index contributed by atoms with van der Waals surface area (Å²) in [6.45, 7) is 0.303. The van der Waals surface area contributed by atoms with Crippen molar-refractivity contribution < 1.29 is 18.3 Å². The van der Waals surface area contributed by atoms with Crippen LogP contribution >= 0.6 is 11.3 Å². The smallest absolute Gasteiger partial charge is 0.271 e. The van der Waals surface area contributed by atoms with Gasteiger partial charge < -0.3 is 14.8 Å². The van der Waals surface area contributed by atoms with Gasteiger partial charge in [-0.2, -0.15) is 0 Å². The van der Waals surface area contributed by atoms with E-state index in [1.807, 2.05) is 24.3 Å². The summed E-state index contributed by atoms with van der Waals surface area (Å²) in [5, 5.41) is 14.2. The van der Waals surface area contributed by atoms with Gasteiger partial charge in [-0.1, -0.05) is 36.4 Å². The van der Waals surface area contributed by atoms with Crippen LogP contribution in [0.4, 0.5) is 5.69 Å². The number of hydrogen-bond acceptors (Lipinski definition) is 6. The third kappa shape index (κ3) is 4.90. The molecule has 0 bridgehead atoms. The number of sulfonamides is 1. The zero-order chi connectivity index (χ0) is 20.0. The number of nitrogens with zero attached hydrogens (tertiary/aromatic N) is 1. The molecule has 1 heterocycles. The Balaban J connectivity index is 1.73. The maximum Gasteiger partial charge on any atom is 0.271 e. The number of methoxy groups -OCH3 is 1. The van der Waals surface area contributed by atoms with Gasteiger partial charge in [-0.15, -0.1) is 11.3 Å². The van der Waals surface area contributed by atoms with Crippen LogP contribution in [0, 0.1) is 0 Å². The molecule has 0 atom stereocenters. The Morgan fingerprint density at radius 2 is 1.86 bits per heavy atom. The van der Waals surface area contributed by atoms with Crippen molar-refractivity contribution in [2.75, 3.05) is 18.4 Å². The first-order valence-corrected chi connectivity index (χ1v) is 10.9. The second kappa shape index (κ2) is 8.90. The van der Waals surface area contributed by atoms with E-state index in [1.54, 1.807) is 42.8 Å². The lowest BCUT2D eigenvalue weighted by atomic mass is 10.1. The molecule has 0 aliphatic carbocycles. The number of anilines is 1. The van der Waals surface area contributed by atoms with Crippen LogP contribution in [0.15, 0.2) is 75.2 Å². The van der Waals surface area contributed by atoms with E-state index in [0.29, 0.717) is 13.0 Å². The predicted octanol–water partition coefficient (Wildman–Crippen LogP) is 2.91. The van der Waals surface area contributed by atoms with E-state index in [0.717, 1.165) is 22.6 Å². The van der Waals surface area contributed by atoms with Crippen LogP contribution in [0.1, 0.15) is 11.1 Å². The second-order valence-corrected chi connectivity index (χ2v) is 8.73. The Kier molecular flexibility index (Phi) is 6.33. The zero-order valence-corrected chi connectivity index (χ0v) is 16.8. The van der Waals surface area contributed by atoms with Gasteiger partial charge in [-0.25, -0.2) is 8.42 Å². The van der Waals surface area contributed by atoms with Crippen molar-refractivity contribution in [1.82, 2.24) is 0 Å². The van der Waals surface area contributed by atoms with Crippen molar-refractivity contribution in [2.45, 2.75) is 10.6 Å². The minimum Gasteiger partial charge on any atom is -0.858 e. The SMILES string of the molecule is COc1ccc(CCN=C([O-])c2ccccc2NS(=O)(=O)c2cccs2)cc1. The fourth-order valence-electron chi connectivity index (χ4n) is 2.53. The number of thiophene rings is 1. The molecule has 0 amide bonds. The van der Waals surface area contributed by atoms with Crippen LogP contribution in [0.25, 0.3) is 0 Å². The first kappa shape index (κ1) is 19.9. The van der Waals surface area contributed by atoms with E-state index in [9.17, 15) is 13.5 Å². The van der Waals surface area contributed by atoms with Crippen molar-refractivity contribution in [1.29, 1.82) is 0 Å². The molecule has 1 aromatic heterocycles. The molecule has 2 aromatic carbocycles. The molecule has 0 saturated heterocycles. The molecule has 0 fully saturated rings. The highest BCUT2D eigenvalue weighted by Gasteiger charge is 2.16. The van der Waals surface area contributed by atoms with E-state index in [1.165, 1.54) is 6.07 Å². The van der Waals surface area contributed by atoms with Gasteiger partial charge in [0.2, 0.25) is 0 Å². The lowest BCUT2D eigenvalue weighted by molar-refractivity contribution is -0.213.